The van der Waals surface area contributed by atoms with Gasteiger partial charge in [-0.05, 0) is 43.9 Å². The SMILES string of the molecule is CCOC1(C(N)c2ccc(C)c(Cl)c2)CCCCCC1. The molecule has 2 rings (SSSR count). The highest BCUT2D eigenvalue weighted by atomic mass is 35.5. The molecule has 0 aromatic heterocycles. The number of rotatable bonds is 4. The summed E-state index contributed by atoms with van der Waals surface area (Å²) in [4.78, 5) is 0. The number of hydrogen-bond acceptors (Lipinski definition) is 2. The lowest BCUT2D eigenvalue weighted by Crippen LogP contribution is -2.43. The van der Waals surface area contributed by atoms with Gasteiger partial charge in [0.1, 0.15) is 0 Å². The smallest absolute Gasteiger partial charge is 0.0874 e. The van der Waals surface area contributed by atoms with Crippen LogP contribution in [-0.2, 0) is 4.74 Å². The van der Waals surface area contributed by atoms with E-state index in [4.69, 9.17) is 22.1 Å². The van der Waals surface area contributed by atoms with E-state index in [9.17, 15) is 0 Å². The molecule has 1 aromatic carbocycles. The van der Waals surface area contributed by atoms with Gasteiger partial charge >= 0.3 is 0 Å². The van der Waals surface area contributed by atoms with Crippen molar-refractivity contribution in [3.05, 3.63) is 34.3 Å². The summed E-state index contributed by atoms with van der Waals surface area (Å²) in [6, 6.07) is 6.05. The fourth-order valence-electron chi connectivity index (χ4n) is 3.27. The van der Waals surface area contributed by atoms with Crippen molar-refractivity contribution in [1.29, 1.82) is 0 Å². The highest BCUT2D eigenvalue weighted by molar-refractivity contribution is 6.31. The van der Waals surface area contributed by atoms with Gasteiger partial charge in [-0.25, -0.2) is 0 Å². The van der Waals surface area contributed by atoms with E-state index in [1.165, 1.54) is 25.7 Å². The molecular formula is C17H26ClNO. The second kappa shape index (κ2) is 6.93. The van der Waals surface area contributed by atoms with Gasteiger partial charge in [0.2, 0.25) is 0 Å². The molecule has 0 aliphatic heterocycles. The third-order valence-electron chi connectivity index (χ3n) is 4.50. The summed E-state index contributed by atoms with van der Waals surface area (Å²) in [5.41, 5.74) is 8.56. The molecule has 3 heteroatoms. The molecule has 1 aliphatic rings. The van der Waals surface area contributed by atoms with Crippen LogP contribution < -0.4 is 5.73 Å². The van der Waals surface area contributed by atoms with E-state index in [-0.39, 0.29) is 11.6 Å². The van der Waals surface area contributed by atoms with Gasteiger partial charge in [0.15, 0.2) is 0 Å². The van der Waals surface area contributed by atoms with E-state index in [1.54, 1.807) is 0 Å². The number of ether oxygens (including phenoxy) is 1. The molecule has 1 unspecified atom stereocenters. The minimum absolute atomic E-state index is 0.0985. The molecule has 1 aromatic rings. The lowest BCUT2D eigenvalue weighted by atomic mass is 9.82. The summed E-state index contributed by atoms with van der Waals surface area (Å²) in [6.45, 7) is 4.79. The summed E-state index contributed by atoms with van der Waals surface area (Å²) >= 11 is 6.26. The molecule has 1 saturated carbocycles. The van der Waals surface area contributed by atoms with Gasteiger partial charge in [-0.15, -0.1) is 0 Å². The van der Waals surface area contributed by atoms with Gasteiger partial charge in [0, 0.05) is 11.6 Å². The predicted molar refractivity (Wildman–Crippen MR) is 85.2 cm³/mol. The van der Waals surface area contributed by atoms with Gasteiger partial charge in [-0.1, -0.05) is 49.4 Å². The molecule has 20 heavy (non-hydrogen) atoms. The molecule has 2 N–H and O–H groups in total. The van der Waals surface area contributed by atoms with Crippen molar-refractivity contribution in [3.63, 3.8) is 0 Å². The van der Waals surface area contributed by atoms with Crippen LogP contribution in [0.2, 0.25) is 5.02 Å². The number of nitrogens with two attached hydrogens (primary N) is 1. The first-order valence-electron chi connectivity index (χ1n) is 7.74. The van der Waals surface area contributed by atoms with Gasteiger partial charge in [0.05, 0.1) is 11.6 Å². The first kappa shape index (κ1) is 15.8. The van der Waals surface area contributed by atoms with E-state index < -0.39 is 0 Å². The normalized spacial score (nSPS) is 20.4. The molecule has 0 spiro atoms. The van der Waals surface area contributed by atoms with Gasteiger partial charge in [-0.2, -0.15) is 0 Å². The van der Waals surface area contributed by atoms with E-state index in [1.807, 2.05) is 19.1 Å². The van der Waals surface area contributed by atoms with Crippen molar-refractivity contribution >= 4 is 11.6 Å². The molecule has 0 amide bonds. The number of halogens is 1. The Hall–Kier alpha value is -0.570. The van der Waals surface area contributed by atoms with Gasteiger partial charge < -0.3 is 10.5 Å². The fourth-order valence-corrected chi connectivity index (χ4v) is 3.45. The van der Waals surface area contributed by atoms with Gasteiger partial charge in [-0.3, -0.25) is 0 Å². The third kappa shape index (κ3) is 3.36. The van der Waals surface area contributed by atoms with E-state index in [0.29, 0.717) is 6.61 Å². The highest BCUT2D eigenvalue weighted by Crippen LogP contribution is 2.40. The Labute approximate surface area is 127 Å². The highest BCUT2D eigenvalue weighted by Gasteiger charge is 2.38. The monoisotopic (exact) mass is 295 g/mol. The summed E-state index contributed by atoms with van der Waals surface area (Å²) in [7, 11) is 0. The average Bonchev–Trinajstić information content (AvgIpc) is 2.68. The van der Waals surface area contributed by atoms with Gasteiger partial charge in [0.25, 0.3) is 0 Å². The van der Waals surface area contributed by atoms with Crippen LogP contribution in [0.3, 0.4) is 0 Å². The lowest BCUT2D eigenvalue weighted by Gasteiger charge is -2.38. The van der Waals surface area contributed by atoms with Crippen LogP contribution in [0.15, 0.2) is 18.2 Å². The Kier molecular flexibility index (Phi) is 5.48. The Balaban J connectivity index is 2.29. The standard InChI is InChI=1S/C17H26ClNO/c1-3-20-17(10-6-4-5-7-11-17)16(19)14-9-8-13(2)15(18)12-14/h8-9,12,16H,3-7,10-11,19H2,1-2H3. The zero-order valence-corrected chi connectivity index (χ0v) is 13.4. The summed E-state index contributed by atoms with van der Waals surface area (Å²) < 4.78 is 6.17. The topological polar surface area (TPSA) is 35.2 Å². The Morgan fingerprint density at radius 3 is 2.45 bits per heavy atom. The predicted octanol–water partition coefficient (Wildman–Crippen LogP) is 4.78. The molecule has 0 saturated heterocycles. The van der Waals surface area contributed by atoms with E-state index in [0.717, 1.165) is 29.0 Å². The second-order valence-corrected chi connectivity index (χ2v) is 6.31. The molecular weight excluding hydrogens is 270 g/mol. The molecule has 1 atom stereocenters. The van der Waals surface area contributed by atoms with Crippen LogP contribution in [-0.4, -0.2) is 12.2 Å². The zero-order chi connectivity index (χ0) is 14.6. The number of benzene rings is 1. The van der Waals surface area contributed by atoms with Crippen molar-refractivity contribution in [2.45, 2.75) is 64.0 Å². The first-order valence-corrected chi connectivity index (χ1v) is 8.12. The Morgan fingerprint density at radius 1 is 1.25 bits per heavy atom. The van der Waals surface area contributed by atoms with Crippen molar-refractivity contribution in [2.24, 2.45) is 5.73 Å². The van der Waals surface area contributed by atoms with E-state index in [2.05, 4.69) is 13.0 Å². The molecule has 0 heterocycles. The van der Waals surface area contributed by atoms with Crippen LogP contribution in [0.4, 0.5) is 0 Å². The van der Waals surface area contributed by atoms with Crippen LogP contribution in [0.1, 0.15) is 62.6 Å². The Morgan fingerprint density at radius 2 is 1.90 bits per heavy atom. The van der Waals surface area contributed by atoms with Crippen LogP contribution in [0, 0.1) is 6.92 Å². The third-order valence-corrected chi connectivity index (χ3v) is 4.91. The van der Waals surface area contributed by atoms with Crippen LogP contribution in [0.25, 0.3) is 0 Å². The molecule has 112 valence electrons. The Bertz CT molecular complexity index is 439. The van der Waals surface area contributed by atoms with E-state index >= 15 is 0 Å². The van der Waals surface area contributed by atoms with Crippen molar-refractivity contribution in [2.75, 3.05) is 6.61 Å². The molecule has 2 nitrogen and oxygen atoms in total. The molecule has 1 fully saturated rings. The van der Waals surface area contributed by atoms with Crippen LogP contribution >= 0.6 is 11.6 Å². The molecule has 1 aliphatic carbocycles. The van der Waals surface area contributed by atoms with Crippen molar-refractivity contribution < 1.29 is 4.74 Å². The summed E-state index contributed by atoms with van der Waals surface area (Å²) in [6.07, 6.45) is 7.08. The maximum atomic E-state index is 6.60. The van der Waals surface area contributed by atoms with Crippen molar-refractivity contribution in [1.82, 2.24) is 0 Å². The van der Waals surface area contributed by atoms with Crippen molar-refractivity contribution in [3.8, 4) is 0 Å². The minimum atomic E-state index is -0.218. The lowest BCUT2D eigenvalue weighted by molar-refractivity contribution is -0.0695. The maximum absolute atomic E-state index is 6.60. The summed E-state index contributed by atoms with van der Waals surface area (Å²) in [5.74, 6) is 0. The quantitative estimate of drug-likeness (QED) is 0.812. The number of hydrogen-bond donors (Lipinski definition) is 1. The minimum Gasteiger partial charge on any atom is -0.373 e. The maximum Gasteiger partial charge on any atom is 0.0874 e. The zero-order valence-electron chi connectivity index (χ0n) is 12.6. The second-order valence-electron chi connectivity index (χ2n) is 5.90. The average molecular weight is 296 g/mol. The fraction of sp³-hybridized carbons (Fsp3) is 0.647. The largest absolute Gasteiger partial charge is 0.373 e. The van der Waals surface area contributed by atoms with Crippen LogP contribution in [0.5, 0.6) is 0 Å². The molecule has 0 bridgehead atoms. The first-order chi connectivity index (χ1) is 9.59. The number of aryl methyl sites for hydroxylation is 1. The summed E-state index contributed by atoms with van der Waals surface area (Å²) in [5, 5.41) is 0.790. The molecule has 0 radical (unpaired) electrons.